The molecule has 0 saturated heterocycles. The van der Waals surface area contributed by atoms with Crippen LogP contribution in [-0.4, -0.2) is 38.8 Å². The minimum Gasteiger partial charge on any atom is -0.363 e. The van der Waals surface area contributed by atoms with Crippen LogP contribution >= 0.6 is 0 Å². The predicted molar refractivity (Wildman–Crippen MR) is 65.1 cm³/mol. The number of anilines is 1. The molecule has 21 heavy (non-hydrogen) atoms. The number of hydrogen-bond acceptors (Lipinski definition) is 6. The van der Waals surface area contributed by atoms with Crippen LogP contribution in [0.1, 0.15) is 5.69 Å². The second-order valence-corrected chi connectivity index (χ2v) is 4.18. The third kappa shape index (κ3) is 3.07. The van der Waals surface area contributed by atoms with E-state index in [2.05, 4.69) is 15.1 Å². The van der Waals surface area contributed by atoms with Crippen molar-refractivity contribution in [2.24, 2.45) is 0 Å². The summed E-state index contributed by atoms with van der Waals surface area (Å²) in [5.41, 5.74) is -1.16. The van der Waals surface area contributed by atoms with Crippen LogP contribution in [0.4, 0.5) is 24.8 Å². The highest BCUT2D eigenvalue weighted by Crippen LogP contribution is 2.29. The Hall–Kier alpha value is -2.72. The van der Waals surface area contributed by atoms with Gasteiger partial charge in [-0.2, -0.15) is 18.2 Å². The van der Waals surface area contributed by atoms with Crippen LogP contribution in [0.15, 0.2) is 18.3 Å². The van der Waals surface area contributed by atoms with Gasteiger partial charge in [0.05, 0.1) is 17.4 Å². The quantitative estimate of drug-likeness (QED) is 0.632. The van der Waals surface area contributed by atoms with E-state index < -0.39 is 28.6 Å². The van der Waals surface area contributed by atoms with Gasteiger partial charge in [-0.05, 0) is 4.92 Å². The summed E-state index contributed by atoms with van der Waals surface area (Å²) in [5.74, 6) is -0.908. The lowest BCUT2D eigenvalue weighted by molar-refractivity contribution is -0.389. The summed E-state index contributed by atoms with van der Waals surface area (Å²) >= 11 is 0. The Morgan fingerprint density at radius 3 is 2.48 bits per heavy atom. The molecule has 0 aromatic carbocycles. The molecule has 0 saturated carbocycles. The first kappa shape index (κ1) is 14.7. The highest BCUT2D eigenvalue weighted by molar-refractivity contribution is 5.41. The van der Waals surface area contributed by atoms with Crippen LogP contribution in [0.3, 0.4) is 0 Å². The fourth-order valence-electron chi connectivity index (χ4n) is 1.42. The van der Waals surface area contributed by atoms with Crippen LogP contribution in [0, 0.1) is 10.1 Å². The topological polar surface area (TPSA) is 90.0 Å². The van der Waals surface area contributed by atoms with Gasteiger partial charge >= 0.3 is 12.0 Å². The molecule has 0 atom stereocenters. The van der Waals surface area contributed by atoms with Crippen LogP contribution < -0.4 is 4.90 Å². The van der Waals surface area contributed by atoms with Crippen molar-refractivity contribution in [1.29, 1.82) is 0 Å². The highest BCUT2D eigenvalue weighted by Gasteiger charge is 2.34. The minimum absolute atomic E-state index is 0.00507. The van der Waals surface area contributed by atoms with Crippen molar-refractivity contribution in [1.82, 2.24) is 19.7 Å². The number of hydrogen-bond donors (Lipinski definition) is 0. The zero-order valence-corrected chi connectivity index (χ0v) is 10.9. The van der Waals surface area contributed by atoms with Gasteiger partial charge in [-0.15, -0.1) is 4.68 Å². The monoisotopic (exact) mass is 302 g/mol. The third-order valence-corrected chi connectivity index (χ3v) is 2.42. The fraction of sp³-hybridized carbons (Fsp3) is 0.300. The Morgan fingerprint density at radius 1 is 1.33 bits per heavy atom. The highest BCUT2D eigenvalue weighted by atomic mass is 19.4. The molecule has 8 nitrogen and oxygen atoms in total. The number of nitro groups is 1. The summed E-state index contributed by atoms with van der Waals surface area (Å²) in [6.07, 6.45) is -3.55. The van der Waals surface area contributed by atoms with Gasteiger partial charge in [0.25, 0.3) is 5.95 Å². The smallest absolute Gasteiger partial charge is 0.363 e. The number of halogens is 3. The standard InChI is InChI=1S/C10H9F3N6O2/c1-17(2)8-5-6(10(11,12)13)14-9(15-8)18-4-3-7(16-18)19(20)21/h3-5H,1-2H3. The zero-order valence-electron chi connectivity index (χ0n) is 10.9. The molecule has 0 bridgehead atoms. The number of nitrogens with zero attached hydrogens (tertiary/aromatic N) is 6. The van der Waals surface area contributed by atoms with Gasteiger partial charge in [-0.25, -0.2) is 4.98 Å². The molecule has 2 rings (SSSR count). The Kier molecular flexibility index (Phi) is 3.49. The summed E-state index contributed by atoms with van der Waals surface area (Å²) in [6.45, 7) is 0. The minimum atomic E-state index is -4.67. The van der Waals surface area contributed by atoms with Gasteiger partial charge in [0.1, 0.15) is 5.82 Å². The molecule has 0 amide bonds. The lowest BCUT2D eigenvalue weighted by Crippen LogP contribution is -2.18. The van der Waals surface area contributed by atoms with Gasteiger partial charge in [0.15, 0.2) is 5.69 Å². The van der Waals surface area contributed by atoms with Crippen molar-refractivity contribution in [2.45, 2.75) is 6.18 Å². The molecule has 0 fully saturated rings. The van der Waals surface area contributed by atoms with Gasteiger partial charge in [0.2, 0.25) is 0 Å². The largest absolute Gasteiger partial charge is 0.433 e. The molecule has 2 aromatic rings. The average Bonchev–Trinajstić information content (AvgIpc) is 2.86. The molecule has 0 aliphatic heterocycles. The summed E-state index contributed by atoms with van der Waals surface area (Å²) in [4.78, 5) is 18.4. The molecule has 0 unspecified atom stereocenters. The van der Waals surface area contributed by atoms with Gasteiger partial charge < -0.3 is 15.0 Å². The first-order chi connectivity index (χ1) is 9.68. The maximum Gasteiger partial charge on any atom is 0.433 e. The lowest BCUT2D eigenvalue weighted by Gasteiger charge is -2.14. The second-order valence-electron chi connectivity index (χ2n) is 4.18. The van der Waals surface area contributed by atoms with E-state index in [1.807, 2.05) is 0 Å². The van der Waals surface area contributed by atoms with Gasteiger partial charge in [0, 0.05) is 20.2 Å². The Labute approximate surface area is 116 Å². The van der Waals surface area contributed by atoms with Gasteiger partial charge in [-0.1, -0.05) is 0 Å². The molecular formula is C10H9F3N6O2. The molecule has 11 heteroatoms. The summed E-state index contributed by atoms with van der Waals surface area (Å²) in [5, 5.41) is 14.1. The molecule has 0 spiro atoms. The fourth-order valence-corrected chi connectivity index (χ4v) is 1.42. The SMILES string of the molecule is CN(C)c1cc(C(F)(F)F)nc(-n2ccc([N+](=O)[O-])n2)n1. The molecule has 0 aliphatic carbocycles. The van der Waals surface area contributed by atoms with E-state index in [4.69, 9.17) is 0 Å². The van der Waals surface area contributed by atoms with Crippen LogP contribution in [0.25, 0.3) is 5.95 Å². The van der Waals surface area contributed by atoms with Crippen LogP contribution in [0.2, 0.25) is 0 Å². The van der Waals surface area contributed by atoms with E-state index in [9.17, 15) is 23.3 Å². The second kappa shape index (κ2) is 5.00. The first-order valence-corrected chi connectivity index (χ1v) is 5.52. The van der Waals surface area contributed by atoms with E-state index in [0.29, 0.717) is 0 Å². The molecular weight excluding hydrogens is 293 g/mol. The van der Waals surface area contributed by atoms with Crippen molar-refractivity contribution in [3.05, 3.63) is 34.1 Å². The third-order valence-electron chi connectivity index (χ3n) is 2.42. The molecule has 2 aromatic heterocycles. The van der Waals surface area contributed by atoms with E-state index in [0.717, 1.165) is 23.0 Å². The number of alkyl halides is 3. The normalized spacial score (nSPS) is 11.5. The van der Waals surface area contributed by atoms with Crippen molar-refractivity contribution >= 4 is 11.6 Å². The number of aromatic nitrogens is 4. The number of rotatable bonds is 3. The average molecular weight is 302 g/mol. The molecule has 0 radical (unpaired) electrons. The zero-order chi connectivity index (χ0) is 15.8. The summed E-state index contributed by atoms with van der Waals surface area (Å²) in [7, 11) is 3.02. The summed E-state index contributed by atoms with van der Waals surface area (Å²) < 4.78 is 39.3. The van der Waals surface area contributed by atoms with Crippen molar-refractivity contribution in [3.63, 3.8) is 0 Å². The first-order valence-electron chi connectivity index (χ1n) is 5.52. The Bertz CT molecular complexity index is 682. The molecule has 112 valence electrons. The summed E-state index contributed by atoms with van der Waals surface area (Å²) in [6, 6.07) is 1.82. The Morgan fingerprint density at radius 2 is 2.00 bits per heavy atom. The molecule has 0 aliphatic rings. The van der Waals surface area contributed by atoms with Crippen molar-refractivity contribution in [2.75, 3.05) is 19.0 Å². The van der Waals surface area contributed by atoms with Crippen LogP contribution in [-0.2, 0) is 6.18 Å². The van der Waals surface area contributed by atoms with E-state index >= 15 is 0 Å². The Balaban J connectivity index is 2.56. The maximum absolute atomic E-state index is 12.8. The van der Waals surface area contributed by atoms with E-state index in [1.54, 1.807) is 0 Å². The van der Waals surface area contributed by atoms with E-state index in [-0.39, 0.29) is 5.82 Å². The van der Waals surface area contributed by atoms with Crippen molar-refractivity contribution < 1.29 is 18.1 Å². The van der Waals surface area contributed by atoms with E-state index in [1.165, 1.54) is 19.0 Å². The van der Waals surface area contributed by atoms with Crippen LogP contribution in [0.5, 0.6) is 0 Å². The van der Waals surface area contributed by atoms with Gasteiger partial charge in [-0.3, -0.25) is 0 Å². The molecule has 2 heterocycles. The van der Waals surface area contributed by atoms with Crippen molar-refractivity contribution in [3.8, 4) is 5.95 Å². The molecule has 0 N–H and O–H groups in total. The predicted octanol–water partition coefficient (Wildman–Crippen LogP) is 1.66. The lowest BCUT2D eigenvalue weighted by atomic mass is 10.3. The maximum atomic E-state index is 12.8.